The lowest BCUT2D eigenvalue weighted by molar-refractivity contribution is -0.125. The minimum atomic E-state index is -0.337. The minimum Gasteiger partial charge on any atom is -0.325 e. The fourth-order valence-corrected chi connectivity index (χ4v) is 2.55. The van der Waals surface area contributed by atoms with Crippen LogP contribution in [0.3, 0.4) is 0 Å². The Hall–Kier alpha value is -0.370. The van der Waals surface area contributed by atoms with Crippen LogP contribution in [0.5, 0.6) is 0 Å². The molecule has 0 spiro atoms. The molecule has 2 heteroatoms. The maximum Gasteiger partial charge on any atom is 0.137 e. The summed E-state index contributed by atoms with van der Waals surface area (Å²) in [6.07, 6.45) is 6.48. The standard InChI is InChI=1S/C13H25NO/c1-4-10-6-5-7-11(8-10)12(15)9-13(2,3)14/h10-11H,4-9,14H2,1-3H3. The number of carbonyl (C=O) groups excluding carboxylic acids is 1. The van der Waals surface area contributed by atoms with Crippen molar-refractivity contribution >= 4 is 5.78 Å². The van der Waals surface area contributed by atoms with Crippen molar-refractivity contribution in [1.29, 1.82) is 0 Å². The number of ketones is 1. The van der Waals surface area contributed by atoms with Crippen molar-refractivity contribution in [2.45, 2.75) is 64.8 Å². The van der Waals surface area contributed by atoms with Crippen LogP contribution in [-0.4, -0.2) is 11.3 Å². The number of rotatable bonds is 4. The van der Waals surface area contributed by atoms with Crippen LogP contribution in [-0.2, 0) is 4.79 Å². The number of hydrogen-bond donors (Lipinski definition) is 1. The van der Waals surface area contributed by atoms with Crippen LogP contribution in [0.1, 0.15) is 59.3 Å². The molecule has 1 aliphatic carbocycles. The van der Waals surface area contributed by atoms with Crippen LogP contribution in [0.15, 0.2) is 0 Å². The summed E-state index contributed by atoms with van der Waals surface area (Å²) in [6.45, 7) is 6.10. The molecule has 1 saturated carbocycles. The molecule has 0 amide bonds. The molecule has 1 aliphatic rings. The summed E-state index contributed by atoms with van der Waals surface area (Å²) in [6, 6.07) is 0. The second-order valence-corrected chi connectivity index (χ2v) is 5.77. The molecule has 2 unspecified atom stereocenters. The van der Waals surface area contributed by atoms with Gasteiger partial charge in [-0.05, 0) is 32.6 Å². The van der Waals surface area contributed by atoms with Gasteiger partial charge >= 0.3 is 0 Å². The Morgan fingerprint density at radius 3 is 2.60 bits per heavy atom. The van der Waals surface area contributed by atoms with Crippen LogP contribution < -0.4 is 5.73 Å². The van der Waals surface area contributed by atoms with Gasteiger partial charge < -0.3 is 5.73 Å². The fourth-order valence-electron chi connectivity index (χ4n) is 2.55. The van der Waals surface area contributed by atoms with Crippen LogP contribution in [0.25, 0.3) is 0 Å². The monoisotopic (exact) mass is 211 g/mol. The van der Waals surface area contributed by atoms with E-state index in [1.165, 1.54) is 19.3 Å². The molecule has 0 aliphatic heterocycles. The van der Waals surface area contributed by atoms with Gasteiger partial charge in [-0.3, -0.25) is 4.79 Å². The molecule has 0 radical (unpaired) electrons. The summed E-state index contributed by atoms with van der Waals surface area (Å²) in [5.74, 6) is 1.46. The van der Waals surface area contributed by atoms with Gasteiger partial charge in [-0.2, -0.15) is 0 Å². The second-order valence-electron chi connectivity index (χ2n) is 5.77. The van der Waals surface area contributed by atoms with E-state index in [0.29, 0.717) is 18.1 Å². The lowest BCUT2D eigenvalue weighted by atomic mass is 9.76. The van der Waals surface area contributed by atoms with Gasteiger partial charge in [0.25, 0.3) is 0 Å². The van der Waals surface area contributed by atoms with Crippen LogP contribution >= 0.6 is 0 Å². The zero-order valence-electron chi connectivity index (χ0n) is 10.4. The SMILES string of the molecule is CCC1CCCC(C(=O)CC(C)(C)N)C1. The molecule has 2 nitrogen and oxygen atoms in total. The van der Waals surface area contributed by atoms with Gasteiger partial charge in [-0.15, -0.1) is 0 Å². The third kappa shape index (κ3) is 4.33. The fraction of sp³-hybridized carbons (Fsp3) is 0.923. The van der Waals surface area contributed by atoms with Gasteiger partial charge in [0.15, 0.2) is 0 Å². The summed E-state index contributed by atoms with van der Waals surface area (Å²) in [7, 11) is 0. The van der Waals surface area contributed by atoms with Crippen LogP contribution in [0, 0.1) is 11.8 Å². The molecule has 15 heavy (non-hydrogen) atoms. The lowest BCUT2D eigenvalue weighted by Crippen LogP contribution is -2.37. The molecule has 0 bridgehead atoms. The maximum absolute atomic E-state index is 12.0. The predicted molar refractivity (Wildman–Crippen MR) is 63.6 cm³/mol. The largest absolute Gasteiger partial charge is 0.325 e. The van der Waals surface area contributed by atoms with Crippen molar-refractivity contribution in [2.24, 2.45) is 17.6 Å². The van der Waals surface area contributed by atoms with E-state index < -0.39 is 0 Å². The maximum atomic E-state index is 12.0. The van der Waals surface area contributed by atoms with E-state index in [4.69, 9.17) is 5.73 Å². The van der Waals surface area contributed by atoms with Gasteiger partial charge in [0.1, 0.15) is 5.78 Å². The summed E-state index contributed by atoms with van der Waals surface area (Å²) >= 11 is 0. The minimum absolute atomic E-state index is 0.298. The van der Waals surface area contributed by atoms with Crippen LogP contribution in [0.4, 0.5) is 0 Å². The van der Waals surface area contributed by atoms with E-state index in [1.54, 1.807) is 0 Å². The Kier molecular flexibility index (Phi) is 4.32. The molecule has 88 valence electrons. The first kappa shape index (κ1) is 12.7. The third-order valence-corrected chi connectivity index (χ3v) is 3.45. The molecule has 0 aromatic heterocycles. The number of carbonyl (C=O) groups is 1. The number of nitrogens with two attached hydrogens (primary N) is 1. The van der Waals surface area contributed by atoms with Crippen molar-refractivity contribution in [3.63, 3.8) is 0 Å². The highest BCUT2D eigenvalue weighted by Crippen LogP contribution is 2.32. The normalized spacial score (nSPS) is 27.7. The average Bonchev–Trinajstić information content (AvgIpc) is 2.15. The molecular weight excluding hydrogens is 186 g/mol. The molecule has 1 fully saturated rings. The van der Waals surface area contributed by atoms with Crippen LogP contribution in [0.2, 0.25) is 0 Å². The van der Waals surface area contributed by atoms with E-state index in [9.17, 15) is 4.79 Å². The zero-order chi connectivity index (χ0) is 11.5. The van der Waals surface area contributed by atoms with Gasteiger partial charge in [-0.1, -0.05) is 26.2 Å². The zero-order valence-corrected chi connectivity index (χ0v) is 10.4. The van der Waals surface area contributed by atoms with Crippen molar-refractivity contribution < 1.29 is 4.79 Å². The topological polar surface area (TPSA) is 43.1 Å². The van der Waals surface area contributed by atoms with E-state index in [1.807, 2.05) is 13.8 Å². The number of hydrogen-bond acceptors (Lipinski definition) is 2. The summed E-state index contributed by atoms with van der Waals surface area (Å²) in [4.78, 5) is 12.0. The van der Waals surface area contributed by atoms with Gasteiger partial charge in [0.05, 0.1) is 0 Å². The predicted octanol–water partition coefficient (Wildman–Crippen LogP) is 2.90. The first-order valence-electron chi connectivity index (χ1n) is 6.24. The van der Waals surface area contributed by atoms with Gasteiger partial charge in [0.2, 0.25) is 0 Å². The van der Waals surface area contributed by atoms with E-state index >= 15 is 0 Å². The molecule has 2 N–H and O–H groups in total. The van der Waals surface area contributed by atoms with Gasteiger partial charge in [0, 0.05) is 17.9 Å². The first-order valence-corrected chi connectivity index (χ1v) is 6.24. The van der Waals surface area contributed by atoms with E-state index in [2.05, 4.69) is 6.92 Å². The molecular formula is C13H25NO. The highest BCUT2D eigenvalue weighted by Gasteiger charge is 2.28. The molecule has 1 rings (SSSR count). The molecule has 0 aromatic carbocycles. The van der Waals surface area contributed by atoms with Gasteiger partial charge in [-0.25, -0.2) is 0 Å². The molecule has 2 atom stereocenters. The quantitative estimate of drug-likeness (QED) is 0.777. The Morgan fingerprint density at radius 2 is 2.07 bits per heavy atom. The highest BCUT2D eigenvalue weighted by atomic mass is 16.1. The Balaban J connectivity index is 2.45. The Bertz CT molecular complexity index is 217. The molecule has 0 saturated heterocycles. The van der Waals surface area contributed by atoms with Crippen molar-refractivity contribution in [3.8, 4) is 0 Å². The average molecular weight is 211 g/mol. The highest BCUT2D eigenvalue weighted by molar-refractivity contribution is 5.82. The summed E-state index contributed by atoms with van der Waals surface area (Å²) in [5.41, 5.74) is 5.55. The summed E-state index contributed by atoms with van der Waals surface area (Å²) < 4.78 is 0. The Labute approximate surface area is 93.6 Å². The first-order chi connectivity index (χ1) is 6.92. The van der Waals surface area contributed by atoms with Crippen molar-refractivity contribution in [1.82, 2.24) is 0 Å². The van der Waals surface area contributed by atoms with Crippen molar-refractivity contribution in [2.75, 3.05) is 0 Å². The molecule has 0 heterocycles. The summed E-state index contributed by atoms with van der Waals surface area (Å²) in [5, 5.41) is 0. The number of Topliss-reactive ketones (excluding diaryl/α,β-unsaturated/α-hetero) is 1. The molecule has 0 aromatic rings. The lowest BCUT2D eigenvalue weighted by Gasteiger charge is -2.29. The third-order valence-electron chi connectivity index (χ3n) is 3.45. The Morgan fingerprint density at radius 1 is 1.40 bits per heavy atom. The van der Waals surface area contributed by atoms with E-state index in [-0.39, 0.29) is 5.54 Å². The second kappa shape index (κ2) is 5.11. The van der Waals surface area contributed by atoms with Crippen molar-refractivity contribution in [3.05, 3.63) is 0 Å². The van der Waals surface area contributed by atoms with E-state index in [0.717, 1.165) is 18.8 Å². The smallest absolute Gasteiger partial charge is 0.137 e.